The van der Waals surface area contributed by atoms with Crippen molar-refractivity contribution >= 4 is 51.0 Å². The molecule has 0 fully saturated rings. The molecule has 7 heteroatoms. The molecule has 0 saturated heterocycles. The molecular weight excluding hydrogens is 513 g/mol. The Balaban J connectivity index is 1.86. The number of nitrogens with zero attached hydrogens (tertiary/aromatic N) is 1. The van der Waals surface area contributed by atoms with E-state index in [1.54, 1.807) is 36.1 Å². The number of carbonyl (C=O) groups excluding carboxylic acids is 2. The van der Waals surface area contributed by atoms with Crippen molar-refractivity contribution in [2.75, 3.05) is 6.61 Å². The van der Waals surface area contributed by atoms with Crippen LogP contribution in [0.25, 0.3) is 0 Å². The van der Waals surface area contributed by atoms with Crippen LogP contribution in [0.15, 0.2) is 71.2 Å². The Labute approximate surface area is 205 Å². The van der Waals surface area contributed by atoms with Crippen molar-refractivity contribution in [3.8, 4) is 0 Å². The molecule has 0 bridgehead atoms. The molecule has 1 aliphatic rings. The first-order valence-electron chi connectivity index (χ1n) is 10.2. The molecule has 0 aromatic heterocycles. The first kappa shape index (κ1) is 22.8. The van der Waals surface area contributed by atoms with Crippen molar-refractivity contribution < 1.29 is 14.3 Å². The van der Waals surface area contributed by atoms with Gasteiger partial charge in [0.05, 0.1) is 25.1 Å². The van der Waals surface area contributed by atoms with Crippen molar-refractivity contribution in [3.63, 3.8) is 0 Å². The number of amides is 1. The lowest BCUT2D eigenvalue weighted by atomic mass is 9.95. The van der Waals surface area contributed by atoms with E-state index < -0.39 is 6.04 Å². The number of halogens is 3. The van der Waals surface area contributed by atoms with E-state index in [4.69, 9.17) is 27.9 Å². The summed E-state index contributed by atoms with van der Waals surface area (Å²) in [5.41, 5.74) is 3.19. The molecule has 4 rings (SSSR count). The quantitative estimate of drug-likeness (QED) is 0.321. The van der Waals surface area contributed by atoms with Crippen LogP contribution in [-0.4, -0.2) is 23.4 Å². The van der Waals surface area contributed by atoms with Crippen molar-refractivity contribution in [2.45, 2.75) is 25.4 Å². The molecule has 1 heterocycles. The second-order valence-corrected chi connectivity index (χ2v) is 9.26. The largest absolute Gasteiger partial charge is 0.466 e. The van der Waals surface area contributed by atoms with E-state index in [1.807, 2.05) is 42.5 Å². The molecule has 0 spiro atoms. The van der Waals surface area contributed by atoms with Crippen LogP contribution in [0.3, 0.4) is 0 Å². The Morgan fingerprint density at radius 1 is 1.03 bits per heavy atom. The predicted molar refractivity (Wildman–Crippen MR) is 129 cm³/mol. The Hall–Kier alpha value is -2.34. The molecule has 0 radical (unpaired) electrons. The molecule has 2 atom stereocenters. The van der Waals surface area contributed by atoms with Gasteiger partial charge in [0.1, 0.15) is 0 Å². The molecule has 3 aromatic rings. The van der Waals surface area contributed by atoms with E-state index >= 15 is 0 Å². The maximum absolute atomic E-state index is 13.7. The van der Waals surface area contributed by atoms with Gasteiger partial charge in [0, 0.05) is 20.1 Å². The zero-order chi connectivity index (χ0) is 22.8. The van der Waals surface area contributed by atoms with Gasteiger partial charge < -0.3 is 9.64 Å². The number of fused-ring (bicyclic) bond motifs is 1. The minimum atomic E-state index is -0.536. The van der Waals surface area contributed by atoms with Crippen molar-refractivity contribution in [1.82, 2.24) is 4.90 Å². The normalized spacial score (nSPS) is 16.1. The van der Waals surface area contributed by atoms with E-state index in [9.17, 15) is 9.59 Å². The third-order valence-corrected chi connectivity index (χ3v) is 6.49. The SMILES string of the molecule is CCOC(=O)CC(c1ccc(Cl)cc1)N1C(=O)c2cc(Br)ccc2C1c1ccc(Cl)cc1. The lowest BCUT2D eigenvalue weighted by Gasteiger charge is -2.34. The van der Waals surface area contributed by atoms with Gasteiger partial charge in [-0.25, -0.2) is 0 Å². The minimum Gasteiger partial charge on any atom is -0.466 e. The van der Waals surface area contributed by atoms with Crippen LogP contribution in [-0.2, 0) is 9.53 Å². The first-order valence-corrected chi connectivity index (χ1v) is 11.7. The summed E-state index contributed by atoms with van der Waals surface area (Å²) in [6.45, 7) is 2.04. The van der Waals surface area contributed by atoms with Gasteiger partial charge in [0.25, 0.3) is 5.91 Å². The highest BCUT2D eigenvalue weighted by molar-refractivity contribution is 9.10. The molecule has 1 aliphatic heterocycles. The maximum Gasteiger partial charge on any atom is 0.308 e. The predicted octanol–water partition coefficient (Wildman–Crippen LogP) is 7.00. The fourth-order valence-corrected chi connectivity index (χ4v) is 4.72. The van der Waals surface area contributed by atoms with Crippen LogP contribution in [0.4, 0.5) is 0 Å². The second kappa shape index (κ2) is 9.65. The first-order chi connectivity index (χ1) is 15.4. The Bertz CT molecular complexity index is 1150. The minimum absolute atomic E-state index is 0.0282. The number of benzene rings is 3. The van der Waals surface area contributed by atoms with E-state index in [0.29, 0.717) is 15.6 Å². The highest BCUT2D eigenvalue weighted by atomic mass is 79.9. The van der Waals surface area contributed by atoms with Gasteiger partial charge in [-0.05, 0) is 60.0 Å². The van der Waals surface area contributed by atoms with Crippen LogP contribution < -0.4 is 0 Å². The number of esters is 1. The average Bonchev–Trinajstić information content (AvgIpc) is 3.05. The third kappa shape index (κ3) is 4.56. The van der Waals surface area contributed by atoms with Crippen molar-refractivity contribution in [2.24, 2.45) is 0 Å². The standard InChI is InChI=1S/C25H20BrCl2NO3/c1-2-32-23(30)14-22(15-3-8-18(27)9-4-15)29-24(16-5-10-19(28)11-6-16)20-12-7-17(26)13-21(20)25(29)31/h3-13,22,24H,2,14H2,1H3. The molecule has 0 saturated carbocycles. The average molecular weight is 533 g/mol. The van der Waals surface area contributed by atoms with Gasteiger partial charge in [-0.2, -0.15) is 0 Å². The number of ether oxygens (including phenoxy) is 1. The smallest absolute Gasteiger partial charge is 0.308 e. The monoisotopic (exact) mass is 531 g/mol. The van der Waals surface area contributed by atoms with Gasteiger partial charge in [-0.1, -0.05) is 69.5 Å². The number of hydrogen-bond donors (Lipinski definition) is 0. The summed E-state index contributed by atoms with van der Waals surface area (Å²) >= 11 is 15.7. The van der Waals surface area contributed by atoms with Crippen LogP contribution in [0, 0.1) is 0 Å². The lowest BCUT2D eigenvalue weighted by Crippen LogP contribution is -2.34. The summed E-state index contributed by atoms with van der Waals surface area (Å²) in [5.74, 6) is -0.516. The van der Waals surface area contributed by atoms with Crippen molar-refractivity contribution in [3.05, 3.63) is 104 Å². The molecule has 0 N–H and O–H groups in total. The highest BCUT2D eigenvalue weighted by Crippen LogP contribution is 2.45. The summed E-state index contributed by atoms with van der Waals surface area (Å²) in [6, 6.07) is 19.4. The fourth-order valence-electron chi connectivity index (χ4n) is 4.10. The summed E-state index contributed by atoms with van der Waals surface area (Å²) in [6.07, 6.45) is 0.0282. The molecule has 4 nitrogen and oxygen atoms in total. The molecule has 1 amide bonds. The van der Waals surface area contributed by atoms with Gasteiger partial charge in [-0.3, -0.25) is 9.59 Å². The molecule has 0 aliphatic carbocycles. The molecule has 2 unspecified atom stereocenters. The molecular formula is C25H20BrCl2NO3. The van der Waals surface area contributed by atoms with E-state index in [0.717, 1.165) is 21.2 Å². The number of hydrogen-bond acceptors (Lipinski definition) is 3. The highest BCUT2D eigenvalue weighted by Gasteiger charge is 2.43. The summed E-state index contributed by atoms with van der Waals surface area (Å²) in [7, 11) is 0. The Morgan fingerprint density at radius 2 is 1.66 bits per heavy atom. The molecule has 164 valence electrons. The Morgan fingerprint density at radius 3 is 2.28 bits per heavy atom. The van der Waals surface area contributed by atoms with Gasteiger partial charge in [0.2, 0.25) is 0 Å². The van der Waals surface area contributed by atoms with Crippen LogP contribution in [0.5, 0.6) is 0 Å². The fraction of sp³-hybridized carbons (Fsp3) is 0.200. The van der Waals surface area contributed by atoms with Gasteiger partial charge >= 0.3 is 5.97 Å². The lowest BCUT2D eigenvalue weighted by molar-refractivity contribution is -0.144. The van der Waals surface area contributed by atoms with E-state index in [-0.39, 0.29) is 30.9 Å². The molecule has 32 heavy (non-hydrogen) atoms. The number of carbonyl (C=O) groups is 2. The van der Waals surface area contributed by atoms with Crippen LogP contribution >= 0.6 is 39.1 Å². The maximum atomic E-state index is 13.7. The van der Waals surface area contributed by atoms with Crippen LogP contribution in [0.2, 0.25) is 10.0 Å². The summed E-state index contributed by atoms with van der Waals surface area (Å²) < 4.78 is 6.05. The second-order valence-electron chi connectivity index (χ2n) is 7.47. The van der Waals surface area contributed by atoms with E-state index in [2.05, 4.69) is 15.9 Å². The molecule has 3 aromatic carbocycles. The third-order valence-electron chi connectivity index (χ3n) is 5.49. The van der Waals surface area contributed by atoms with Gasteiger partial charge in [-0.15, -0.1) is 0 Å². The van der Waals surface area contributed by atoms with Crippen molar-refractivity contribution in [1.29, 1.82) is 0 Å². The summed E-state index contributed by atoms with van der Waals surface area (Å²) in [4.78, 5) is 28.0. The number of rotatable bonds is 6. The zero-order valence-corrected chi connectivity index (χ0v) is 20.3. The van der Waals surface area contributed by atoms with Crippen LogP contribution in [0.1, 0.15) is 52.5 Å². The van der Waals surface area contributed by atoms with E-state index in [1.165, 1.54) is 0 Å². The van der Waals surface area contributed by atoms with Gasteiger partial charge in [0.15, 0.2) is 0 Å². The Kier molecular flexibility index (Phi) is 6.89. The zero-order valence-electron chi connectivity index (χ0n) is 17.2. The topological polar surface area (TPSA) is 46.6 Å². The summed E-state index contributed by atoms with van der Waals surface area (Å²) in [5, 5.41) is 1.19.